The summed E-state index contributed by atoms with van der Waals surface area (Å²) < 4.78 is 0. The fourth-order valence-electron chi connectivity index (χ4n) is 4.39. The molecule has 4 N–H and O–H groups in total. The predicted molar refractivity (Wildman–Crippen MR) is 154 cm³/mol. The van der Waals surface area contributed by atoms with Crippen molar-refractivity contribution in [2.75, 3.05) is 26.2 Å². The van der Waals surface area contributed by atoms with Crippen LogP contribution >= 0.6 is 0 Å². The number of allylic oxidation sites excluding steroid dienone is 1. The molecule has 0 saturated carbocycles. The Kier molecular flexibility index (Phi) is 10.9. The number of hydrogen-bond donors (Lipinski definition) is 4. The molecule has 1 aliphatic heterocycles. The maximum absolute atomic E-state index is 4.59. The van der Waals surface area contributed by atoms with E-state index in [0.29, 0.717) is 6.04 Å². The van der Waals surface area contributed by atoms with Gasteiger partial charge >= 0.3 is 0 Å². The maximum Gasteiger partial charge on any atom is 0.123 e. The van der Waals surface area contributed by atoms with Crippen LogP contribution in [0.5, 0.6) is 0 Å². The molecule has 1 fully saturated rings. The number of hydrogen-bond acceptors (Lipinski definition) is 5. The molecular formula is C30H42N6. The Morgan fingerprint density at radius 1 is 1.00 bits per heavy atom. The molecule has 3 aromatic rings. The first kappa shape index (κ1) is 27.4. The van der Waals surface area contributed by atoms with E-state index in [1.165, 1.54) is 17.5 Å². The van der Waals surface area contributed by atoms with Crippen LogP contribution in [-0.4, -0.2) is 42.9 Å². The number of aliphatic imine (C=N–C) groups is 1. The maximum atomic E-state index is 4.59. The zero-order valence-electron chi connectivity index (χ0n) is 22.3. The van der Waals surface area contributed by atoms with Crippen LogP contribution in [0.2, 0.25) is 0 Å². The molecule has 0 bridgehead atoms. The third-order valence-corrected chi connectivity index (χ3v) is 6.31. The zero-order valence-corrected chi connectivity index (χ0v) is 22.3. The number of nitrogens with one attached hydrogen (secondary N) is 4. The SMILES string of the molecule is C=N/C(=C(/C)NCCNCCC)c1ccc(-c2ccc(-c3cnc(C4CCCN4)[nH]3)cc2)cc1.CC. The average Bonchev–Trinajstić information content (AvgIpc) is 3.63. The van der Waals surface area contributed by atoms with Crippen molar-refractivity contribution in [2.45, 2.75) is 53.0 Å². The molecule has 1 unspecified atom stereocenters. The lowest BCUT2D eigenvalue weighted by Crippen LogP contribution is -2.27. The van der Waals surface area contributed by atoms with Gasteiger partial charge in [-0.05, 0) is 62.7 Å². The molecule has 192 valence electrons. The minimum absolute atomic E-state index is 0.354. The molecule has 2 heterocycles. The molecule has 1 atom stereocenters. The van der Waals surface area contributed by atoms with Gasteiger partial charge in [0.1, 0.15) is 5.82 Å². The van der Waals surface area contributed by atoms with E-state index < -0.39 is 0 Å². The van der Waals surface area contributed by atoms with Crippen molar-refractivity contribution in [1.29, 1.82) is 0 Å². The molecule has 2 aromatic carbocycles. The van der Waals surface area contributed by atoms with E-state index >= 15 is 0 Å². The van der Waals surface area contributed by atoms with Crippen LogP contribution < -0.4 is 16.0 Å². The molecule has 6 nitrogen and oxygen atoms in total. The van der Waals surface area contributed by atoms with Crippen LogP contribution in [0.3, 0.4) is 0 Å². The van der Waals surface area contributed by atoms with Crippen molar-refractivity contribution in [2.24, 2.45) is 4.99 Å². The summed E-state index contributed by atoms with van der Waals surface area (Å²) in [5, 5.41) is 10.3. The smallest absolute Gasteiger partial charge is 0.123 e. The number of imidazole rings is 1. The predicted octanol–water partition coefficient (Wildman–Crippen LogP) is 6.17. The van der Waals surface area contributed by atoms with Gasteiger partial charge in [-0.3, -0.25) is 4.99 Å². The largest absolute Gasteiger partial charge is 0.386 e. The summed E-state index contributed by atoms with van der Waals surface area (Å²) in [6, 6.07) is 17.5. The number of H-pyrrole nitrogens is 1. The summed E-state index contributed by atoms with van der Waals surface area (Å²) in [4.78, 5) is 12.4. The molecule has 6 heteroatoms. The Balaban J connectivity index is 0.00000176. The first-order chi connectivity index (χ1) is 17.7. The summed E-state index contributed by atoms with van der Waals surface area (Å²) in [6.07, 6.45) is 5.43. The molecule has 0 radical (unpaired) electrons. The first-order valence-corrected chi connectivity index (χ1v) is 13.3. The summed E-state index contributed by atoms with van der Waals surface area (Å²) in [6.45, 7) is 15.9. The van der Waals surface area contributed by atoms with Gasteiger partial charge in [-0.25, -0.2) is 4.98 Å². The highest BCUT2D eigenvalue weighted by Gasteiger charge is 2.19. The first-order valence-electron chi connectivity index (χ1n) is 13.3. The standard InChI is InChI=1S/C28H36N6.C2H6/c1-4-15-30-17-18-31-20(2)27(29-3)24-13-9-22(10-14-24)21-7-11-23(12-8-21)26-19-33-28(34-26)25-6-5-16-32-25;1-2/h7-14,19,25,30-32H,3-6,15-18H2,1-2H3,(H,33,34);1-2H3/b27-20-;. The number of aromatic nitrogens is 2. The van der Waals surface area contributed by atoms with Crippen LogP contribution in [0.1, 0.15) is 64.4 Å². The van der Waals surface area contributed by atoms with E-state index in [0.717, 1.165) is 73.1 Å². The lowest BCUT2D eigenvalue weighted by molar-refractivity contribution is 0.613. The Morgan fingerprint density at radius 3 is 2.28 bits per heavy atom. The minimum atomic E-state index is 0.354. The van der Waals surface area contributed by atoms with Crippen LogP contribution in [0.25, 0.3) is 28.1 Å². The number of nitrogens with zero attached hydrogens (tertiary/aromatic N) is 2. The summed E-state index contributed by atoms with van der Waals surface area (Å²) >= 11 is 0. The molecular weight excluding hydrogens is 444 g/mol. The quantitative estimate of drug-likeness (QED) is 0.193. The highest BCUT2D eigenvalue weighted by Crippen LogP contribution is 2.28. The normalized spacial score (nSPS) is 15.6. The summed E-state index contributed by atoms with van der Waals surface area (Å²) in [5.41, 5.74) is 7.56. The Labute approximate surface area is 216 Å². The van der Waals surface area contributed by atoms with Crippen molar-refractivity contribution in [3.8, 4) is 22.4 Å². The molecule has 1 aliphatic rings. The van der Waals surface area contributed by atoms with Gasteiger partial charge in [0, 0.05) is 24.4 Å². The molecule has 1 aromatic heterocycles. The second kappa shape index (κ2) is 14.4. The minimum Gasteiger partial charge on any atom is -0.386 e. The molecule has 1 saturated heterocycles. The van der Waals surface area contributed by atoms with Crippen LogP contribution in [0.15, 0.2) is 65.4 Å². The second-order valence-electron chi connectivity index (χ2n) is 8.79. The summed E-state index contributed by atoms with van der Waals surface area (Å²) in [7, 11) is 0. The van der Waals surface area contributed by atoms with E-state index in [1.54, 1.807) is 0 Å². The molecule has 0 aliphatic carbocycles. The van der Waals surface area contributed by atoms with Crippen molar-refractivity contribution in [3.05, 3.63) is 71.8 Å². The molecule has 36 heavy (non-hydrogen) atoms. The van der Waals surface area contributed by atoms with E-state index in [-0.39, 0.29) is 0 Å². The Hall–Kier alpha value is -3.22. The highest BCUT2D eigenvalue weighted by atomic mass is 15.0. The van der Waals surface area contributed by atoms with Crippen LogP contribution in [0.4, 0.5) is 0 Å². The van der Waals surface area contributed by atoms with Gasteiger partial charge < -0.3 is 20.9 Å². The van der Waals surface area contributed by atoms with Crippen molar-refractivity contribution < 1.29 is 0 Å². The molecule has 0 amide bonds. The van der Waals surface area contributed by atoms with Crippen molar-refractivity contribution in [1.82, 2.24) is 25.9 Å². The van der Waals surface area contributed by atoms with Gasteiger partial charge in [-0.2, -0.15) is 0 Å². The van der Waals surface area contributed by atoms with Crippen LogP contribution in [0, 0.1) is 0 Å². The lowest BCUT2D eigenvalue weighted by Gasteiger charge is -2.12. The average molecular weight is 487 g/mol. The van der Waals surface area contributed by atoms with E-state index in [1.807, 2.05) is 20.0 Å². The van der Waals surface area contributed by atoms with Crippen molar-refractivity contribution in [3.63, 3.8) is 0 Å². The lowest BCUT2D eigenvalue weighted by atomic mass is 10.0. The number of aromatic amines is 1. The van der Waals surface area contributed by atoms with Crippen LogP contribution in [-0.2, 0) is 0 Å². The van der Waals surface area contributed by atoms with Gasteiger partial charge in [0.2, 0.25) is 0 Å². The topological polar surface area (TPSA) is 77.1 Å². The van der Waals surface area contributed by atoms with E-state index in [9.17, 15) is 0 Å². The zero-order chi connectivity index (χ0) is 25.8. The molecule has 4 rings (SSSR count). The van der Waals surface area contributed by atoms with Gasteiger partial charge in [-0.15, -0.1) is 0 Å². The van der Waals surface area contributed by atoms with Gasteiger partial charge in [0.05, 0.1) is 23.6 Å². The fraction of sp³-hybridized carbons (Fsp3) is 0.400. The third kappa shape index (κ3) is 7.15. The Bertz CT molecular complexity index is 1090. The monoisotopic (exact) mass is 486 g/mol. The van der Waals surface area contributed by atoms with Gasteiger partial charge in [0.25, 0.3) is 0 Å². The highest BCUT2D eigenvalue weighted by molar-refractivity contribution is 5.74. The van der Waals surface area contributed by atoms with Gasteiger partial charge in [-0.1, -0.05) is 69.3 Å². The number of rotatable bonds is 11. The third-order valence-electron chi connectivity index (χ3n) is 6.31. The second-order valence-corrected chi connectivity index (χ2v) is 8.79. The molecule has 0 spiro atoms. The van der Waals surface area contributed by atoms with E-state index in [2.05, 4.69) is 100 Å². The Morgan fingerprint density at radius 2 is 1.67 bits per heavy atom. The van der Waals surface area contributed by atoms with E-state index in [4.69, 9.17) is 0 Å². The summed E-state index contributed by atoms with van der Waals surface area (Å²) in [5.74, 6) is 1.04. The fourth-order valence-corrected chi connectivity index (χ4v) is 4.39. The number of benzene rings is 2. The van der Waals surface area contributed by atoms with Gasteiger partial charge in [0.15, 0.2) is 0 Å². The van der Waals surface area contributed by atoms with Crippen molar-refractivity contribution >= 4 is 12.4 Å².